The van der Waals surface area contributed by atoms with Crippen molar-refractivity contribution >= 4 is 21.6 Å². The molecule has 0 bridgehead atoms. The number of nitrogens with one attached hydrogen (secondary N) is 1. The molecular formula is C21H28N2O3S. The van der Waals surface area contributed by atoms with Crippen LogP contribution in [0.1, 0.15) is 48.2 Å². The summed E-state index contributed by atoms with van der Waals surface area (Å²) in [4.78, 5) is 14.5. The number of carbonyl (C=O) groups is 1. The van der Waals surface area contributed by atoms with Gasteiger partial charge in [-0.3, -0.25) is 9.52 Å². The molecule has 0 heterocycles. The van der Waals surface area contributed by atoms with Gasteiger partial charge in [-0.25, -0.2) is 8.42 Å². The molecule has 5 nitrogen and oxygen atoms in total. The van der Waals surface area contributed by atoms with Crippen molar-refractivity contribution in [3.05, 3.63) is 59.2 Å². The van der Waals surface area contributed by atoms with E-state index in [0.29, 0.717) is 24.3 Å². The summed E-state index contributed by atoms with van der Waals surface area (Å²) >= 11 is 0. The fraction of sp³-hybridized carbons (Fsp3) is 0.381. The Morgan fingerprint density at radius 3 is 2.22 bits per heavy atom. The summed E-state index contributed by atoms with van der Waals surface area (Å²) < 4.78 is 27.8. The summed E-state index contributed by atoms with van der Waals surface area (Å²) in [7, 11) is -3.70. The van der Waals surface area contributed by atoms with Gasteiger partial charge >= 0.3 is 0 Å². The Kier molecular flexibility index (Phi) is 7.02. The molecule has 0 saturated heterocycles. The van der Waals surface area contributed by atoms with Crippen LogP contribution in [0, 0.1) is 13.8 Å². The summed E-state index contributed by atoms with van der Waals surface area (Å²) in [5, 5.41) is 0. The fourth-order valence-electron chi connectivity index (χ4n) is 2.73. The van der Waals surface area contributed by atoms with Crippen LogP contribution in [-0.4, -0.2) is 32.3 Å². The molecule has 1 N–H and O–H groups in total. The van der Waals surface area contributed by atoms with Gasteiger partial charge in [-0.15, -0.1) is 0 Å². The molecule has 27 heavy (non-hydrogen) atoms. The predicted octanol–water partition coefficient (Wildman–Crippen LogP) is 4.37. The van der Waals surface area contributed by atoms with Crippen molar-refractivity contribution in [2.75, 3.05) is 17.8 Å². The second-order valence-corrected chi connectivity index (χ2v) is 8.35. The minimum absolute atomic E-state index is 0.0722. The lowest BCUT2D eigenvalue weighted by Crippen LogP contribution is -2.31. The molecule has 0 unspecified atom stereocenters. The van der Waals surface area contributed by atoms with Crippen molar-refractivity contribution in [2.45, 2.75) is 45.4 Å². The first kappa shape index (κ1) is 21.0. The van der Waals surface area contributed by atoms with Crippen molar-refractivity contribution < 1.29 is 13.2 Å². The molecule has 0 aliphatic carbocycles. The fourth-order valence-corrected chi connectivity index (χ4v) is 3.78. The highest BCUT2D eigenvalue weighted by atomic mass is 32.2. The van der Waals surface area contributed by atoms with Gasteiger partial charge in [-0.1, -0.05) is 19.4 Å². The molecule has 0 fully saturated rings. The molecule has 146 valence electrons. The van der Waals surface area contributed by atoms with Crippen LogP contribution in [0.5, 0.6) is 0 Å². The van der Waals surface area contributed by atoms with Crippen LogP contribution < -0.4 is 4.72 Å². The van der Waals surface area contributed by atoms with Crippen LogP contribution in [0.25, 0.3) is 0 Å². The van der Waals surface area contributed by atoms with E-state index in [1.165, 1.54) is 12.1 Å². The van der Waals surface area contributed by atoms with Crippen LogP contribution >= 0.6 is 0 Å². The number of nitrogens with zero attached hydrogens (tertiary/aromatic N) is 1. The Morgan fingerprint density at radius 1 is 1.00 bits per heavy atom. The van der Waals surface area contributed by atoms with Gasteiger partial charge in [0.2, 0.25) is 0 Å². The number of anilines is 1. The molecule has 1 amide bonds. The first-order valence-electron chi connectivity index (χ1n) is 9.28. The lowest BCUT2D eigenvalue weighted by Gasteiger charge is -2.20. The topological polar surface area (TPSA) is 66.5 Å². The van der Waals surface area contributed by atoms with Crippen LogP contribution in [0.15, 0.2) is 47.4 Å². The molecule has 0 aliphatic rings. The zero-order chi connectivity index (χ0) is 20.0. The molecule has 0 saturated carbocycles. The van der Waals surface area contributed by atoms with Gasteiger partial charge in [0, 0.05) is 24.3 Å². The van der Waals surface area contributed by atoms with E-state index in [-0.39, 0.29) is 10.8 Å². The number of amides is 1. The van der Waals surface area contributed by atoms with E-state index < -0.39 is 10.0 Å². The largest absolute Gasteiger partial charge is 0.339 e. The predicted molar refractivity (Wildman–Crippen MR) is 110 cm³/mol. The van der Waals surface area contributed by atoms with Gasteiger partial charge < -0.3 is 4.90 Å². The third-order valence-electron chi connectivity index (χ3n) is 4.62. The smallest absolute Gasteiger partial charge is 0.261 e. The maximum atomic E-state index is 12.6. The Bertz CT molecular complexity index is 890. The average molecular weight is 389 g/mol. The zero-order valence-electron chi connectivity index (χ0n) is 16.5. The number of hydrogen-bond donors (Lipinski definition) is 1. The maximum absolute atomic E-state index is 12.6. The summed E-state index contributed by atoms with van der Waals surface area (Å²) in [5.74, 6) is -0.0722. The van der Waals surface area contributed by atoms with Gasteiger partial charge in [-0.2, -0.15) is 0 Å². The van der Waals surface area contributed by atoms with E-state index in [1.54, 1.807) is 29.2 Å². The van der Waals surface area contributed by atoms with Gasteiger partial charge in [0.1, 0.15) is 0 Å². The number of sulfonamides is 1. The lowest BCUT2D eigenvalue weighted by molar-refractivity contribution is 0.0762. The molecule has 0 atom stereocenters. The number of hydrogen-bond acceptors (Lipinski definition) is 3. The van der Waals surface area contributed by atoms with Gasteiger partial charge in [0.05, 0.1) is 4.90 Å². The summed E-state index contributed by atoms with van der Waals surface area (Å²) in [6.07, 6.45) is 1.97. The first-order valence-corrected chi connectivity index (χ1v) is 10.8. The third kappa shape index (κ3) is 5.32. The van der Waals surface area contributed by atoms with Crippen molar-refractivity contribution in [3.63, 3.8) is 0 Å². The number of benzene rings is 2. The summed E-state index contributed by atoms with van der Waals surface area (Å²) in [6, 6.07) is 11.5. The van der Waals surface area contributed by atoms with Crippen molar-refractivity contribution in [1.29, 1.82) is 0 Å². The van der Waals surface area contributed by atoms with Crippen molar-refractivity contribution in [3.8, 4) is 0 Å². The third-order valence-corrected chi connectivity index (χ3v) is 6.02. The highest BCUT2D eigenvalue weighted by Crippen LogP contribution is 2.20. The molecule has 0 aliphatic heterocycles. The van der Waals surface area contributed by atoms with E-state index in [4.69, 9.17) is 0 Å². The second kappa shape index (κ2) is 9.04. The molecule has 2 aromatic rings. The minimum atomic E-state index is -3.70. The summed E-state index contributed by atoms with van der Waals surface area (Å²) in [5.41, 5.74) is 3.14. The highest BCUT2D eigenvalue weighted by Gasteiger charge is 2.17. The highest BCUT2D eigenvalue weighted by molar-refractivity contribution is 7.92. The maximum Gasteiger partial charge on any atom is 0.261 e. The Balaban J connectivity index is 2.17. The van der Waals surface area contributed by atoms with E-state index in [9.17, 15) is 13.2 Å². The van der Waals surface area contributed by atoms with Gasteiger partial charge in [-0.05, 0) is 74.7 Å². The number of carbonyl (C=O) groups excluding carboxylic acids is 1. The Labute approximate surface area is 162 Å². The zero-order valence-corrected chi connectivity index (χ0v) is 17.3. The normalized spacial score (nSPS) is 11.3. The number of unbranched alkanes of at least 4 members (excludes halogenated alkanes) is 1. The molecule has 2 rings (SSSR count). The van der Waals surface area contributed by atoms with Gasteiger partial charge in [0.15, 0.2) is 0 Å². The number of rotatable bonds is 8. The van der Waals surface area contributed by atoms with Crippen LogP contribution in [-0.2, 0) is 10.0 Å². The van der Waals surface area contributed by atoms with E-state index in [2.05, 4.69) is 11.6 Å². The molecule has 0 radical (unpaired) electrons. The average Bonchev–Trinajstić information content (AvgIpc) is 2.65. The van der Waals surface area contributed by atoms with E-state index in [0.717, 1.165) is 24.0 Å². The molecule has 0 aromatic heterocycles. The lowest BCUT2D eigenvalue weighted by atomic mass is 10.1. The monoisotopic (exact) mass is 388 g/mol. The van der Waals surface area contributed by atoms with Crippen LogP contribution in [0.3, 0.4) is 0 Å². The first-order chi connectivity index (χ1) is 12.8. The van der Waals surface area contributed by atoms with Gasteiger partial charge in [0.25, 0.3) is 15.9 Å². The standard InChI is InChI=1S/C21H28N2O3S/c1-5-7-14-23(6-2)21(24)18-9-12-20(13-10-18)27(25,26)22-19-11-8-16(3)17(4)15-19/h8-13,15,22H,5-7,14H2,1-4H3. The second-order valence-electron chi connectivity index (χ2n) is 6.67. The Morgan fingerprint density at radius 2 is 1.67 bits per heavy atom. The van der Waals surface area contributed by atoms with Crippen LogP contribution in [0.4, 0.5) is 5.69 Å². The van der Waals surface area contributed by atoms with E-state index in [1.807, 2.05) is 26.8 Å². The molecule has 0 spiro atoms. The Hall–Kier alpha value is -2.34. The van der Waals surface area contributed by atoms with E-state index >= 15 is 0 Å². The van der Waals surface area contributed by atoms with Crippen LogP contribution in [0.2, 0.25) is 0 Å². The minimum Gasteiger partial charge on any atom is -0.339 e. The molecule has 2 aromatic carbocycles. The van der Waals surface area contributed by atoms with Crippen molar-refractivity contribution in [2.24, 2.45) is 0 Å². The SMILES string of the molecule is CCCCN(CC)C(=O)c1ccc(S(=O)(=O)Nc2ccc(C)c(C)c2)cc1. The molecular weight excluding hydrogens is 360 g/mol. The molecule has 6 heteroatoms. The van der Waals surface area contributed by atoms with Crippen molar-refractivity contribution in [1.82, 2.24) is 4.90 Å². The summed E-state index contributed by atoms with van der Waals surface area (Å²) in [6.45, 7) is 9.28. The number of aryl methyl sites for hydroxylation is 2. The quantitative estimate of drug-likeness (QED) is 0.730.